The van der Waals surface area contributed by atoms with Gasteiger partial charge in [-0.2, -0.15) is 0 Å². The van der Waals surface area contributed by atoms with Crippen molar-refractivity contribution in [2.45, 2.75) is 12.2 Å². The Bertz CT molecular complexity index is 1260. The van der Waals surface area contributed by atoms with E-state index in [0.717, 1.165) is 17.3 Å². The molecule has 0 radical (unpaired) electrons. The minimum Gasteiger partial charge on any atom is -0.497 e. The molecule has 6 nitrogen and oxygen atoms in total. The minimum atomic E-state index is -0.572. The van der Waals surface area contributed by atoms with Gasteiger partial charge in [0.15, 0.2) is 5.17 Å². The fourth-order valence-electron chi connectivity index (χ4n) is 3.26. The predicted octanol–water partition coefficient (Wildman–Crippen LogP) is 5.34. The molecule has 0 aromatic heterocycles. The maximum atomic E-state index is 13.5. The van der Waals surface area contributed by atoms with E-state index in [9.17, 15) is 14.0 Å². The zero-order valence-electron chi connectivity index (χ0n) is 18.6. The number of ether oxygens (including phenoxy) is 1. The number of amidine groups is 1. The highest BCUT2D eigenvalue weighted by molar-refractivity contribution is 8.15. The van der Waals surface area contributed by atoms with Gasteiger partial charge in [0.2, 0.25) is 5.91 Å². The van der Waals surface area contributed by atoms with Gasteiger partial charge in [-0.15, -0.1) is 0 Å². The summed E-state index contributed by atoms with van der Waals surface area (Å²) in [6.07, 6.45) is 1.69. The zero-order valence-corrected chi connectivity index (χ0v) is 19.4. The number of hydrogen-bond donors (Lipinski definition) is 1. The molecule has 0 aliphatic carbocycles. The lowest BCUT2D eigenvalue weighted by molar-refractivity contribution is -0.115. The number of carbonyl (C=O) groups excluding carboxylic acids is 2. The highest BCUT2D eigenvalue weighted by Crippen LogP contribution is 2.31. The Labute approximate surface area is 201 Å². The molecule has 4 rings (SSSR count). The lowest BCUT2D eigenvalue weighted by Gasteiger charge is -2.20. The van der Waals surface area contributed by atoms with Crippen LogP contribution in [-0.4, -0.2) is 29.3 Å². The van der Waals surface area contributed by atoms with Crippen LogP contribution in [-0.2, 0) is 9.59 Å². The maximum Gasteiger partial charge on any atom is 0.283 e. The first-order chi connectivity index (χ1) is 16.4. The third-order valence-electron chi connectivity index (χ3n) is 5.01. The lowest BCUT2D eigenvalue weighted by atomic mass is 10.2. The number of methoxy groups -OCH3 is 1. The maximum absolute atomic E-state index is 13.5. The van der Waals surface area contributed by atoms with Gasteiger partial charge in [-0.1, -0.05) is 48.2 Å². The second-order valence-corrected chi connectivity index (χ2v) is 8.74. The number of amides is 2. The van der Waals surface area contributed by atoms with Crippen LogP contribution in [0.4, 0.5) is 15.8 Å². The monoisotopic (exact) mass is 475 g/mol. The van der Waals surface area contributed by atoms with Crippen molar-refractivity contribution in [1.82, 2.24) is 0 Å². The van der Waals surface area contributed by atoms with Crippen molar-refractivity contribution in [2.24, 2.45) is 4.99 Å². The van der Waals surface area contributed by atoms with E-state index >= 15 is 0 Å². The molecule has 8 heteroatoms. The first-order valence-corrected chi connectivity index (χ1v) is 11.4. The fourth-order valence-corrected chi connectivity index (χ4v) is 4.18. The Hall–Kier alpha value is -3.91. The van der Waals surface area contributed by atoms with Crippen molar-refractivity contribution in [3.63, 3.8) is 0 Å². The number of anilines is 2. The molecule has 34 heavy (non-hydrogen) atoms. The average Bonchev–Trinajstić information content (AvgIpc) is 3.14. The Morgan fingerprint density at radius 3 is 2.53 bits per heavy atom. The third-order valence-corrected chi connectivity index (χ3v) is 6.06. The second kappa shape index (κ2) is 10.4. The Kier molecular flexibility index (Phi) is 7.08. The van der Waals surface area contributed by atoms with Crippen LogP contribution in [0.25, 0.3) is 6.08 Å². The number of benzene rings is 3. The molecule has 1 heterocycles. The van der Waals surface area contributed by atoms with E-state index in [1.807, 2.05) is 30.3 Å². The molecule has 3 aromatic rings. The summed E-state index contributed by atoms with van der Waals surface area (Å²) in [5.74, 6) is -0.388. The molecule has 2 amide bonds. The van der Waals surface area contributed by atoms with Crippen LogP contribution in [0, 0.1) is 5.82 Å². The first kappa shape index (κ1) is 23.3. The summed E-state index contributed by atoms with van der Waals surface area (Å²) in [5, 5.41) is 2.62. The normalized spacial score (nSPS) is 15.3. The van der Waals surface area contributed by atoms with Crippen molar-refractivity contribution in [3.05, 3.63) is 95.9 Å². The third kappa shape index (κ3) is 5.35. The molecule has 0 bridgehead atoms. The quantitative estimate of drug-likeness (QED) is 0.489. The summed E-state index contributed by atoms with van der Waals surface area (Å²) >= 11 is 1.15. The first-order valence-electron chi connectivity index (χ1n) is 10.5. The number of carbonyl (C=O) groups is 2. The molecular formula is C26H22FN3O3S. The van der Waals surface area contributed by atoms with E-state index in [1.54, 1.807) is 44.4 Å². The summed E-state index contributed by atoms with van der Waals surface area (Å²) in [6, 6.07) is 22.0. The molecule has 3 aromatic carbocycles. The number of nitrogens with zero attached hydrogens (tertiary/aromatic N) is 2. The Morgan fingerprint density at radius 1 is 1.09 bits per heavy atom. The van der Waals surface area contributed by atoms with Gasteiger partial charge in [-0.25, -0.2) is 9.38 Å². The van der Waals surface area contributed by atoms with Gasteiger partial charge in [0.1, 0.15) is 17.3 Å². The largest absolute Gasteiger partial charge is 0.497 e. The predicted molar refractivity (Wildman–Crippen MR) is 134 cm³/mol. The number of halogens is 1. The summed E-state index contributed by atoms with van der Waals surface area (Å²) in [5.41, 5.74) is 2.12. The molecule has 1 unspecified atom stereocenters. The Morgan fingerprint density at radius 2 is 1.82 bits per heavy atom. The molecule has 0 fully saturated rings. The van der Waals surface area contributed by atoms with Crippen LogP contribution in [0.1, 0.15) is 12.5 Å². The number of aliphatic imine (C=N–C) groups is 1. The molecular weight excluding hydrogens is 453 g/mol. The van der Waals surface area contributed by atoms with Gasteiger partial charge in [-0.05, 0) is 55.0 Å². The van der Waals surface area contributed by atoms with Crippen molar-refractivity contribution in [2.75, 3.05) is 17.3 Å². The van der Waals surface area contributed by atoms with Crippen LogP contribution < -0.4 is 15.0 Å². The SMILES string of the molecule is COc1cccc(NC(=O)C(C)SC2=NC(=Cc3ccccc3)C(=O)N2c2ccc(F)cc2)c1. The Balaban J connectivity index is 1.59. The average molecular weight is 476 g/mol. The second-order valence-electron chi connectivity index (χ2n) is 7.43. The number of nitrogens with one attached hydrogen (secondary N) is 1. The van der Waals surface area contributed by atoms with Gasteiger partial charge in [0, 0.05) is 11.8 Å². The van der Waals surface area contributed by atoms with Gasteiger partial charge in [0.25, 0.3) is 5.91 Å². The van der Waals surface area contributed by atoms with Crippen molar-refractivity contribution in [3.8, 4) is 5.75 Å². The smallest absolute Gasteiger partial charge is 0.283 e. The molecule has 1 N–H and O–H groups in total. The van der Waals surface area contributed by atoms with Crippen LogP contribution in [0.2, 0.25) is 0 Å². The van der Waals surface area contributed by atoms with Gasteiger partial charge in [0.05, 0.1) is 18.0 Å². The zero-order chi connectivity index (χ0) is 24.1. The van der Waals surface area contributed by atoms with Crippen LogP contribution in [0.15, 0.2) is 89.6 Å². The van der Waals surface area contributed by atoms with Crippen LogP contribution >= 0.6 is 11.8 Å². The van der Waals surface area contributed by atoms with Gasteiger partial charge < -0.3 is 10.1 Å². The lowest BCUT2D eigenvalue weighted by Crippen LogP contribution is -2.33. The van der Waals surface area contributed by atoms with Crippen molar-refractivity contribution in [1.29, 1.82) is 0 Å². The van der Waals surface area contributed by atoms with Crippen molar-refractivity contribution >= 4 is 46.2 Å². The molecule has 1 aliphatic heterocycles. The van der Waals surface area contributed by atoms with E-state index in [4.69, 9.17) is 4.74 Å². The van der Waals surface area contributed by atoms with Crippen LogP contribution in [0.3, 0.4) is 0 Å². The van der Waals surface area contributed by atoms with E-state index in [1.165, 1.54) is 29.2 Å². The number of rotatable bonds is 6. The van der Waals surface area contributed by atoms with E-state index in [2.05, 4.69) is 10.3 Å². The van der Waals surface area contributed by atoms with Crippen LogP contribution in [0.5, 0.6) is 5.75 Å². The summed E-state index contributed by atoms with van der Waals surface area (Å²) in [7, 11) is 1.55. The highest BCUT2D eigenvalue weighted by Gasteiger charge is 2.34. The topological polar surface area (TPSA) is 71.0 Å². The highest BCUT2D eigenvalue weighted by atomic mass is 32.2. The van der Waals surface area contributed by atoms with Gasteiger partial charge >= 0.3 is 0 Å². The standard InChI is InChI=1S/C26H22FN3O3S/c1-17(24(31)28-20-9-6-10-22(16-20)33-2)34-26-29-23(15-18-7-4-3-5-8-18)25(32)30(26)21-13-11-19(27)12-14-21/h3-17H,1-2H3,(H,28,31). The van der Waals surface area contributed by atoms with E-state index in [0.29, 0.717) is 22.3 Å². The van der Waals surface area contributed by atoms with Crippen molar-refractivity contribution < 1.29 is 18.7 Å². The fraction of sp³-hybridized carbons (Fsp3) is 0.115. The summed E-state index contributed by atoms with van der Waals surface area (Å²) < 4.78 is 18.7. The van der Waals surface area contributed by atoms with E-state index < -0.39 is 11.1 Å². The number of thioether (sulfide) groups is 1. The molecule has 172 valence electrons. The van der Waals surface area contributed by atoms with E-state index in [-0.39, 0.29) is 17.5 Å². The summed E-state index contributed by atoms with van der Waals surface area (Å²) in [6.45, 7) is 1.73. The molecule has 0 saturated carbocycles. The molecule has 1 atom stereocenters. The minimum absolute atomic E-state index is 0.235. The molecule has 0 saturated heterocycles. The molecule has 0 spiro atoms. The van der Waals surface area contributed by atoms with Gasteiger partial charge in [-0.3, -0.25) is 14.5 Å². The summed E-state index contributed by atoms with van der Waals surface area (Å²) in [4.78, 5) is 32.0. The molecule has 1 aliphatic rings. The number of hydrogen-bond acceptors (Lipinski definition) is 5.